The molecule has 1 aliphatic carbocycles. The summed E-state index contributed by atoms with van der Waals surface area (Å²) in [5.74, 6) is 0.0927. The Morgan fingerprint density at radius 2 is 1.95 bits per heavy atom. The number of allylic oxidation sites excluding steroid dienone is 2. The molecular weight excluding hydrogens is 246 g/mol. The average molecular weight is 267 g/mol. The Hall–Kier alpha value is -2.09. The van der Waals surface area contributed by atoms with Crippen molar-refractivity contribution >= 4 is 18.1 Å². The molecule has 0 fully saturated rings. The van der Waals surface area contributed by atoms with Crippen molar-refractivity contribution < 1.29 is 4.79 Å². The maximum Gasteiger partial charge on any atom is 0.249 e. The maximum absolute atomic E-state index is 12.1. The highest BCUT2D eigenvalue weighted by Crippen LogP contribution is 2.09. The van der Waals surface area contributed by atoms with Crippen molar-refractivity contribution in [3.63, 3.8) is 0 Å². The summed E-state index contributed by atoms with van der Waals surface area (Å²) < 4.78 is 0. The van der Waals surface area contributed by atoms with Gasteiger partial charge in [-0.3, -0.25) is 4.79 Å². The standard InChI is InChI=1S/C18H21NO/c1-4-14(2)18(20)19(3)13-15-9-11-16-7-5-6-8-17(16)12-10-15/h4-9,11-12H,10,13H2,1-3H3/b14-4+. The Labute approximate surface area is 120 Å². The third-order valence-corrected chi connectivity index (χ3v) is 3.64. The number of amides is 1. The minimum absolute atomic E-state index is 0.0927. The Balaban J connectivity index is 2.15. The number of nitrogens with zero attached hydrogens (tertiary/aromatic N) is 1. The molecule has 2 rings (SSSR count). The van der Waals surface area contributed by atoms with Crippen LogP contribution in [0.15, 0.2) is 47.6 Å². The highest BCUT2D eigenvalue weighted by atomic mass is 16.2. The second-order valence-electron chi connectivity index (χ2n) is 5.16. The van der Waals surface area contributed by atoms with Crippen LogP contribution in [0.3, 0.4) is 0 Å². The summed E-state index contributed by atoms with van der Waals surface area (Å²) in [6.45, 7) is 4.42. The van der Waals surface area contributed by atoms with Crippen molar-refractivity contribution in [2.45, 2.75) is 20.3 Å². The molecule has 1 amide bonds. The van der Waals surface area contributed by atoms with E-state index >= 15 is 0 Å². The van der Waals surface area contributed by atoms with Crippen molar-refractivity contribution in [3.8, 4) is 0 Å². The molecule has 0 aromatic heterocycles. The average Bonchev–Trinajstić information content (AvgIpc) is 2.68. The van der Waals surface area contributed by atoms with Crippen LogP contribution in [0.25, 0.3) is 12.2 Å². The Morgan fingerprint density at radius 3 is 2.65 bits per heavy atom. The molecule has 0 atom stereocenters. The molecule has 0 saturated carbocycles. The molecular formula is C18H21NO. The summed E-state index contributed by atoms with van der Waals surface area (Å²) in [6.07, 6.45) is 9.24. The van der Waals surface area contributed by atoms with E-state index in [0.717, 1.165) is 12.0 Å². The van der Waals surface area contributed by atoms with E-state index in [4.69, 9.17) is 0 Å². The van der Waals surface area contributed by atoms with E-state index in [2.05, 4.69) is 36.4 Å². The number of fused-ring (bicyclic) bond motifs is 1. The number of hydrogen-bond acceptors (Lipinski definition) is 1. The predicted octanol–water partition coefficient (Wildman–Crippen LogP) is 2.00. The minimum atomic E-state index is 0.0927. The molecule has 0 unspecified atom stereocenters. The second-order valence-corrected chi connectivity index (χ2v) is 5.16. The number of rotatable bonds is 3. The molecule has 0 radical (unpaired) electrons. The van der Waals surface area contributed by atoms with Gasteiger partial charge in [0.05, 0.1) is 0 Å². The maximum atomic E-state index is 12.1. The van der Waals surface area contributed by atoms with E-state index in [1.165, 1.54) is 16.0 Å². The van der Waals surface area contributed by atoms with Gasteiger partial charge in [0, 0.05) is 19.2 Å². The Morgan fingerprint density at radius 1 is 1.25 bits per heavy atom. The van der Waals surface area contributed by atoms with Crippen LogP contribution in [0, 0.1) is 0 Å². The molecule has 0 aliphatic heterocycles. The smallest absolute Gasteiger partial charge is 0.249 e. The molecule has 1 aromatic rings. The molecule has 2 nitrogen and oxygen atoms in total. The lowest BCUT2D eigenvalue weighted by Crippen LogP contribution is -2.29. The first kappa shape index (κ1) is 14.3. The zero-order chi connectivity index (χ0) is 14.5. The van der Waals surface area contributed by atoms with Gasteiger partial charge in [-0.15, -0.1) is 0 Å². The molecule has 0 saturated heterocycles. The molecule has 104 valence electrons. The summed E-state index contributed by atoms with van der Waals surface area (Å²) in [5.41, 5.74) is 2.04. The highest BCUT2D eigenvalue weighted by Gasteiger charge is 2.11. The summed E-state index contributed by atoms with van der Waals surface area (Å²) in [6, 6.07) is 8.35. The molecule has 0 bridgehead atoms. The molecule has 20 heavy (non-hydrogen) atoms. The molecule has 2 heteroatoms. The van der Waals surface area contributed by atoms with Crippen LogP contribution in [-0.4, -0.2) is 24.4 Å². The van der Waals surface area contributed by atoms with E-state index in [1.807, 2.05) is 33.0 Å². The van der Waals surface area contributed by atoms with Crippen LogP contribution in [0.1, 0.15) is 20.3 Å². The lowest BCUT2D eigenvalue weighted by Gasteiger charge is -2.18. The first-order chi connectivity index (χ1) is 9.61. The van der Waals surface area contributed by atoms with Gasteiger partial charge < -0.3 is 4.90 Å². The molecule has 1 aliphatic rings. The first-order valence-electron chi connectivity index (χ1n) is 6.95. The number of benzene rings is 1. The zero-order valence-electron chi connectivity index (χ0n) is 12.4. The fraction of sp³-hybridized carbons (Fsp3) is 0.278. The zero-order valence-corrected chi connectivity index (χ0v) is 12.4. The van der Waals surface area contributed by atoms with Gasteiger partial charge in [-0.25, -0.2) is 0 Å². The summed E-state index contributed by atoms with van der Waals surface area (Å²) in [5, 5.41) is 2.50. The molecule has 0 N–H and O–H groups in total. The van der Waals surface area contributed by atoms with Gasteiger partial charge in [0.2, 0.25) is 5.91 Å². The monoisotopic (exact) mass is 267 g/mol. The molecule has 0 heterocycles. The van der Waals surface area contributed by atoms with Crippen molar-refractivity contribution in [1.29, 1.82) is 0 Å². The van der Waals surface area contributed by atoms with E-state index in [1.54, 1.807) is 4.90 Å². The third-order valence-electron chi connectivity index (χ3n) is 3.64. The van der Waals surface area contributed by atoms with Crippen LogP contribution in [0.2, 0.25) is 0 Å². The topological polar surface area (TPSA) is 20.3 Å². The number of hydrogen-bond donors (Lipinski definition) is 0. The third kappa shape index (κ3) is 3.27. The van der Waals surface area contributed by atoms with E-state index in [0.29, 0.717) is 6.54 Å². The van der Waals surface area contributed by atoms with Crippen LogP contribution in [-0.2, 0) is 4.79 Å². The largest absolute Gasteiger partial charge is 0.338 e. The minimum Gasteiger partial charge on any atom is -0.338 e. The highest BCUT2D eigenvalue weighted by molar-refractivity contribution is 5.92. The van der Waals surface area contributed by atoms with Crippen LogP contribution >= 0.6 is 0 Å². The lowest BCUT2D eigenvalue weighted by molar-refractivity contribution is -0.125. The van der Waals surface area contributed by atoms with Gasteiger partial charge in [0.25, 0.3) is 0 Å². The van der Waals surface area contributed by atoms with Crippen molar-refractivity contribution in [3.05, 3.63) is 58.0 Å². The van der Waals surface area contributed by atoms with E-state index in [-0.39, 0.29) is 5.91 Å². The van der Waals surface area contributed by atoms with Crippen molar-refractivity contribution in [2.24, 2.45) is 0 Å². The van der Waals surface area contributed by atoms with Crippen molar-refractivity contribution in [1.82, 2.24) is 4.90 Å². The van der Waals surface area contributed by atoms with Crippen LogP contribution in [0.4, 0.5) is 0 Å². The number of carbonyl (C=O) groups is 1. The van der Waals surface area contributed by atoms with Crippen LogP contribution in [0.5, 0.6) is 0 Å². The van der Waals surface area contributed by atoms with Gasteiger partial charge in [-0.05, 0) is 36.3 Å². The molecule has 0 spiro atoms. The fourth-order valence-corrected chi connectivity index (χ4v) is 2.28. The van der Waals surface area contributed by atoms with Gasteiger partial charge in [0.15, 0.2) is 0 Å². The first-order valence-corrected chi connectivity index (χ1v) is 6.95. The van der Waals surface area contributed by atoms with Gasteiger partial charge in [-0.1, -0.05) is 48.6 Å². The summed E-state index contributed by atoms with van der Waals surface area (Å²) in [4.78, 5) is 13.8. The SMILES string of the molecule is C/C=C(\C)C(=O)N(C)CC1=CC=c2ccccc2=CC1. The summed E-state index contributed by atoms with van der Waals surface area (Å²) in [7, 11) is 1.86. The second kappa shape index (κ2) is 6.38. The Bertz CT molecular complexity index is 680. The van der Waals surface area contributed by atoms with Gasteiger partial charge >= 0.3 is 0 Å². The quantitative estimate of drug-likeness (QED) is 0.767. The molecule has 1 aromatic carbocycles. The van der Waals surface area contributed by atoms with Gasteiger partial charge in [-0.2, -0.15) is 0 Å². The Kier molecular flexibility index (Phi) is 4.57. The number of likely N-dealkylation sites (N-methyl/N-ethyl adjacent to an activating group) is 1. The normalized spacial score (nSPS) is 14.3. The van der Waals surface area contributed by atoms with Gasteiger partial charge in [0.1, 0.15) is 0 Å². The predicted molar refractivity (Wildman–Crippen MR) is 84.4 cm³/mol. The van der Waals surface area contributed by atoms with E-state index in [9.17, 15) is 4.79 Å². The number of carbonyl (C=O) groups excluding carboxylic acids is 1. The van der Waals surface area contributed by atoms with Crippen molar-refractivity contribution in [2.75, 3.05) is 13.6 Å². The summed E-state index contributed by atoms with van der Waals surface area (Å²) >= 11 is 0. The lowest BCUT2D eigenvalue weighted by atomic mass is 10.1. The van der Waals surface area contributed by atoms with E-state index < -0.39 is 0 Å². The van der Waals surface area contributed by atoms with Crippen LogP contribution < -0.4 is 10.4 Å². The fourth-order valence-electron chi connectivity index (χ4n) is 2.28.